The fourth-order valence-corrected chi connectivity index (χ4v) is 1.73. The molecule has 1 heterocycles. The van der Waals surface area contributed by atoms with Crippen LogP contribution in [0.4, 0.5) is 5.95 Å². The Kier molecular flexibility index (Phi) is 5.62. The zero-order chi connectivity index (χ0) is 14.4. The largest absolute Gasteiger partial charge is 0.388 e. The topological polar surface area (TPSA) is 75.4 Å². The summed E-state index contributed by atoms with van der Waals surface area (Å²) in [6.45, 7) is 5.51. The fourth-order valence-electron chi connectivity index (χ4n) is 1.62. The minimum absolute atomic E-state index is 0.0387. The number of carbonyl (C=O) groups excluding carboxylic acids is 1. The zero-order valence-electron chi connectivity index (χ0n) is 11.5. The first-order valence-electron chi connectivity index (χ1n) is 6.11. The van der Waals surface area contributed by atoms with E-state index in [2.05, 4.69) is 9.97 Å². The summed E-state index contributed by atoms with van der Waals surface area (Å²) < 4.78 is 0. The molecule has 0 saturated heterocycles. The molecule has 19 heavy (non-hydrogen) atoms. The van der Waals surface area contributed by atoms with Crippen molar-refractivity contribution in [2.75, 3.05) is 31.6 Å². The molecular weight excluding hydrogens is 262 g/mol. The van der Waals surface area contributed by atoms with Gasteiger partial charge in [-0.3, -0.25) is 4.79 Å². The van der Waals surface area contributed by atoms with Crippen molar-refractivity contribution in [2.45, 2.75) is 13.8 Å². The maximum absolute atomic E-state index is 12.0. The Bertz CT molecular complexity index is 461. The highest BCUT2D eigenvalue weighted by molar-refractivity contribution is 7.80. The third kappa shape index (κ3) is 4.13. The van der Waals surface area contributed by atoms with Gasteiger partial charge in [0.1, 0.15) is 10.7 Å². The molecule has 0 aliphatic heterocycles. The van der Waals surface area contributed by atoms with E-state index in [0.29, 0.717) is 24.7 Å². The molecule has 0 bridgehead atoms. The monoisotopic (exact) mass is 281 g/mol. The molecule has 1 aromatic rings. The van der Waals surface area contributed by atoms with Crippen molar-refractivity contribution in [1.82, 2.24) is 14.9 Å². The number of thiocarbonyl (C=S) groups is 1. The van der Waals surface area contributed by atoms with Gasteiger partial charge in [-0.05, 0) is 19.9 Å². The summed E-state index contributed by atoms with van der Waals surface area (Å²) in [6.07, 6.45) is 1.58. The molecule has 0 atom stereocenters. The lowest BCUT2D eigenvalue weighted by atomic mass is 10.4. The van der Waals surface area contributed by atoms with Gasteiger partial charge in [0.15, 0.2) is 0 Å². The lowest BCUT2D eigenvalue weighted by molar-refractivity contribution is -0.129. The molecular formula is C12H19N5OS. The van der Waals surface area contributed by atoms with Crippen LogP contribution < -0.4 is 10.6 Å². The molecule has 1 aromatic heterocycles. The number of amides is 1. The Balaban J connectivity index is 2.78. The van der Waals surface area contributed by atoms with Crippen LogP contribution in [-0.2, 0) is 4.79 Å². The number of hydrogen-bond donors (Lipinski definition) is 1. The first kappa shape index (κ1) is 15.3. The van der Waals surface area contributed by atoms with E-state index in [4.69, 9.17) is 18.0 Å². The molecule has 2 N–H and O–H groups in total. The molecule has 1 rings (SSSR count). The average Bonchev–Trinajstić information content (AvgIpc) is 2.40. The number of aromatic nitrogens is 2. The number of nitrogens with zero attached hydrogens (tertiary/aromatic N) is 4. The summed E-state index contributed by atoms with van der Waals surface area (Å²) >= 11 is 4.87. The fraction of sp³-hybridized carbons (Fsp3) is 0.500. The van der Waals surface area contributed by atoms with E-state index in [9.17, 15) is 4.79 Å². The van der Waals surface area contributed by atoms with Crippen LogP contribution in [0.2, 0.25) is 0 Å². The van der Waals surface area contributed by atoms with Gasteiger partial charge in [0.2, 0.25) is 11.9 Å². The highest BCUT2D eigenvalue weighted by Gasteiger charge is 2.14. The number of anilines is 1. The first-order chi connectivity index (χ1) is 8.99. The van der Waals surface area contributed by atoms with Crippen LogP contribution in [0.15, 0.2) is 12.3 Å². The molecule has 1 amide bonds. The van der Waals surface area contributed by atoms with Crippen LogP contribution in [0.25, 0.3) is 0 Å². The van der Waals surface area contributed by atoms with Crippen LogP contribution in [-0.4, -0.2) is 52.4 Å². The lowest BCUT2D eigenvalue weighted by Gasteiger charge is -2.23. The minimum Gasteiger partial charge on any atom is -0.388 e. The normalized spacial score (nSPS) is 10.1. The number of likely N-dealkylation sites (N-methyl/N-ethyl adjacent to an activating group) is 2. The highest BCUT2D eigenvalue weighted by Crippen LogP contribution is 2.06. The van der Waals surface area contributed by atoms with E-state index >= 15 is 0 Å². The Hall–Kier alpha value is -1.76. The van der Waals surface area contributed by atoms with Crippen molar-refractivity contribution in [3.63, 3.8) is 0 Å². The molecule has 0 aliphatic rings. The molecule has 0 spiro atoms. The summed E-state index contributed by atoms with van der Waals surface area (Å²) in [5.74, 6) is 0.475. The Morgan fingerprint density at radius 1 is 1.42 bits per heavy atom. The van der Waals surface area contributed by atoms with Crippen LogP contribution >= 0.6 is 12.2 Å². The van der Waals surface area contributed by atoms with E-state index in [1.165, 1.54) is 0 Å². The predicted molar refractivity (Wildman–Crippen MR) is 79.1 cm³/mol. The van der Waals surface area contributed by atoms with Crippen LogP contribution in [0.3, 0.4) is 0 Å². The Morgan fingerprint density at radius 3 is 2.58 bits per heavy atom. The summed E-state index contributed by atoms with van der Waals surface area (Å²) in [4.78, 5) is 24.0. The van der Waals surface area contributed by atoms with Crippen LogP contribution in [0, 0.1) is 0 Å². The average molecular weight is 281 g/mol. The molecule has 0 aliphatic carbocycles. The van der Waals surface area contributed by atoms with Crippen LogP contribution in [0.1, 0.15) is 19.5 Å². The maximum Gasteiger partial charge on any atom is 0.242 e. The van der Waals surface area contributed by atoms with Gasteiger partial charge in [0.25, 0.3) is 0 Å². The molecule has 0 radical (unpaired) electrons. The van der Waals surface area contributed by atoms with Gasteiger partial charge in [-0.25, -0.2) is 9.97 Å². The molecule has 0 unspecified atom stereocenters. The van der Waals surface area contributed by atoms with E-state index < -0.39 is 0 Å². The summed E-state index contributed by atoms with van der Waals surface area (Å²) in [5, 5.41) is 0. The number of hydrogen-bond acceptors (Lipinski definition) is 5. The van der Waals surface area contributed by atoms with Crippen LogP contribution in [0.5, 0.6) is 0 Å². The van der Waals surface area contributed by atoms with Gasteiger partial charge < -0.3 is 15.5 Å². The van der Waals surface area contributed by atoms with Crippen molar-refractivity contribution >= 4 is 29.1 Å². The smallest absolute Gasteiger partial charge is 0.242 e. The van der Waals surface area contributed by atoms with Gasteiger partial charge in [0.05, 0.1) is 6.54 Å². The quantitative estimate of drug-likeness (QED) is 0.762. The summed E-state index contributed by atoms with van der Waals surface area (Å²) in [7, 11) is 1.76. The highest BCUT2D eigenvalue weighted by atomic mass is 32.1. The van der Waals surface area contributed by atoms with Gasteiger partial charge in [0, 0.05) is 26.3 Å². The molecule has 0 saturated carbocycles. The van der Waals surface area contributed by atoms with E-state index in [-0.39, 0.29) is 17.4 Å². The number of rotatable bonds is 6. The van der Waals surface area contributed by atoms with Crippen molar-refractivity contribution < 1.29 is 4.79 Å². The molecule has 6 nitrogen and oxygen atoms in total. The second kappa shape index (κ2) is 6.98. The Morgan fingerprint density at radius 2 is 2.05 bits per heavy atom. The summed E-state index contributed by atoms with van der Waals surface area (Å²) in [5.41, 5.74) is 6.02. The molecule has 104 valence electrons. The molecule has 0 fully saturated rings. The number of carbonyl (C=O) groups is 1. The zero-order valence-corrected chi connectivity index (χ0v) is 12.3. The second-order valence-electron chi connectivity index (χ2n) is 4.03. The third-order valence-corrected chi connectivity index (χ3v) is 2.93. The van der Waals surface area contributed by atoms with E-state index in [1.807, 2.05) is 13.8 Å². The lowest BCUT2D eigenvalue weighted by Crippen LogP contribution is -2.39. The van der Waals surface area contributed by atoms with Crippen molar-refractivity contribution in [1.29, 1.82) is 0 Å². The number of nitrogens with two attached hydrogens (primary N) is 1. The predicted octanol–water partition coefficient (Wildman–Crippen LogP) is 0.415. The van der Waals surface area contributed by atoms with E-state index in [0.717, 1.165) is 0 Å². The minimum atomic E-state index is 0.0387. The van der Waals surface area contributed by atoms with Gasteiger partial charge in [-0.2, -0.15) is 0 Å². The molecule has 7 heteroatoms. The third-order valence-electron chi connectivity index (χ3n) is 2.73. The SMILES string of the molecule is CCN(CC)C(=O)CN(C)c1nccc(C(N)=S)n1. The van der Waals surface area contributed by atoms with Gasteiger partial charge >= 0.3 is 0 Å². The first-order valence-corrected chi connectivity index (χ1v) is 6.52. The second-order valence-corrected chi connectivity index (χ2v) is 4.47. The van der Waals surface area contributed by atoms with Crippen molar-refractivity contribution in [3.8, 4) is 0 Å². The van der Waals surface area contributed by atoms with Gasteiger partial charge in [-0.1, -0.05) is 12.2 Å². The standard InChI is InChI=1S/C12H19N5OS/c1-4-17(5-2)10(18)8-16(3)12-14-7-6-9(15-12)11(13)19/h6-7H,4-5,8H2,1-3H3,(H2,13,19). The Labute approximate surface area is 118 Å². The van der Waals surface area contributed by atoms with Crippen molar-refractivity contribution in [2.24, 2.45) is 5.73 Å². The van der Waals surface area contributed by atoms with Crippen molar-refractivity contribution in [3.05, 3.63) is 18.0 Å². The maximum atomic E-state index is 12.0. The van der Waals surface area contributed by atoms with E-state index in [1.54, 1.807) is 29.1 Å². The van der Waals surface area contributed by atoms with Gasteiger partial charge in [-0.15, -0.1) is 0 Å². The summed E-state index contributed by atoms with van der Waals surface area (Å²) in [6, 6.07) is 1.64. The molecule has 0 aromatic carbocycles.